The molecular formula is C15H19N3. The van der Waals surface area contributed by atoms with Crippen molar-refractivity contribution < 1.29 is 0 Å². The third-order valence-corrected chi connectivity index (χ3v) is 4.32. The molecule has 3 nitrogen and oxygen atoms in total. The molecule has 1 saturated heterocycles. The summed E-state index contributed by atoms with van der Waals surface area (Å²) >= 11 is 0. The fourth-order valence-electron chi connectivity index (χ4n) is 3.08. The number of rotatable bonds is 2. The van der Waals surface area contributed by atoms with Crippen LogP contribution in [0.1, 0.15) is 43.2 Å². The summed E-state index contributed by atoms with van der Waals surface area (Å²) in [7, 11) is 0. The van der Waals surface area contributed by atoms with Crippen molar-refractivity contribution in [3.05, 3.63) is 30.0 Å². The van der Waals surface area contributed by atoms with Gasteiger partial charge in [0.25, 0.3) is 0 Å². The topological polar surface area (TPSA) is 29.9 Å². The van der Waals surface area contributed by atoms with E-state index < -0.39 is 0 Å². The highest BCUT2D eigenvalue weighted by Crippen LogP contribution is 2.41. The fourth-order valence-corrected chi connectivity index (χ4v) is 3.08. The number of hydrogen-bond acceptors (Lipinski definition) is 2. The van der Waals surface area contributed by atoms with Gasteiger partial charge in [-0.2, -0.15) is 5.10 Å². The first-order chi connectivity index (χ1) is 8.92. The lowest BCUT2D eigenvalue weighted by molar-refractivity contribution is 0.351. The average Bonchev–Trinajstić information content (AvgIpc) is 3.19. The number of hydrogen-bond donors (Lipinski definition) is 1. The van der Waals surface area contributed by atoms with E-state index in [9.17, 15) is 0 Å². The molecule has 2 fully saturated rings. The van der Waals surface area contributed by atoms with Gasteiger partial charge in [0.05, 0.1) is 17.8 Å². The minimum absolute atomic E-state index is 0.579. The van der Waals surface area contributed by atoms with Crippen LogP contribution in [-0.4, -0.2) is 22.9 Å². The molecule has 1 aromatic heterocycles. The monoisotopic (exact) mass is 241 g/mol. The third kappa shape index (κ3) is 1.74. The Morgan fingerprint density at radius 1 is 1.11 bits per heavy atom. The number of piperidine rings is 1. The second-order valence-electron chi connectivity index (χ2n) is 5.66. The lowest BCUT2D eigenvalue weighted by Crippen LogP contribution is -2.29. The summed E-state index contributed by atoms with van der Waals surface area (Å²) < 4.78 is 2.24. The van der Waals surface area contributed by atoms with Crippen LogP contribution in [0.5, 0.6) is 0 Å². The van der Waals surface area contributed by atoms with Gasteiger partial charge in [-0.05, 0) is 62.4 Å². The molecule has 1 aliphatic heterocycles. The van der Waals surface area contributed by atoms with E-state index in [0.717, 1.165) is 19.0 Å². The van der Waals surface area contributed by atoms with E-state index in [1.165, 1.54) is 42.1 Å². The molecule has 0 spiro atoms. The van der Waals surface area contributed by atoms with E-state index in [0.29, 0.717) is 6.04 Å². The summed E-state index contributed by atoms with van der Waals surface area (Å²) in [6.45, 7) is 2.23. The van der Waals surface area contributed by atoms with E-state index in [1.807, 2.05) is 6.20 Å². The molecule has 3 heteroatoms. The fraction of sp³-hybridized carbons (Fsp3) is 0.533. The molecule has 0 atom stereocenters. The molecule has 0 bridgehead atoms. The summed E-state index contributed by atoms with van der Waals surface area (Å²) in [4.78, 5) is 0. The first-order valence-electron chi connectivity index (χ1n) is 7.10. The molecule has 1 aromatic carbocycles. The van der Waals surface area contributed by atoms with E-state index in [-0.39, 0.29) is 0 Å². The Labute approximate surface area is 107 Å². The quantitative estimate of drug-likeness (QED) is 0.876. The summed E-state index contributed by atoms with van der Waals surface area (Å²) in [5, 5.41) is 9.36. The van der Waals surface area contributed by atoms with Crippen molar-refractivity contribution in [2.45, 2.75) is 37.6 Å². The highest BCUT2D eigenvalue weighted by molar-refractivity contribution is 5.79. The van der Waals surface area contributed by atoms with Gasteiger partial charge in [0.2, 0.25) is 0 Å². The molecule has 1 aliphatic carbocycles. The zero-order valence-corrected chi connectivity index (χ0v) is 10.6. The smallest absolute Gasteiger partial charge is 0.0685 e. The first-order valence-corrected chi connectivity index (χ1v) is 7.10. The van der Waals surface area contributed by atoms with Gasteiger partial charge >= 0.3 is 0 Å². The van der Waals surface area contributed by atoms with Crippen LogP contribution in [0.25, 0.3) is 10.9 Å². The lowest BCUT2D eigenvalue weighted by Gasteiger charge is -2.23. The first kappa shape index (κ1) is 10.6. The van der Waals surface area contributed by atoms with Crippen molar-refractivity contribution >= 4 is 10.9 Å². The number of aromatic nitrogens is 2. The third-order valence-electron chi connectivity index (χ3n) is 4.32. The number of nitrogens with zero attached hydrogens (tertiary/aromatic N) is 2. The molecule has 2 heterocycles. The van der Waals surface area contributed by atoms with Gasteiger partial charge in [-0.1, -0.05) is 6.07 Å². The van der Waals surface area contributed by atoms with Crippen LogP contribution in [0.2, 0.25) is 0 Å². The second kappa shape index (κ2) is 4.09. The minimum Gasteiger partial charge on any atom is -0.317 e. The van der Waals surface area contributed by atoms with Gasteiger partial charge in [-0.15, -0.1) is 0 Å². The summed E-state index contributed by atoms with van der Waals surface area (Å²) in [5.41, 5.74) is 2.82. The highest BCUT2D eigenvalue weighted by Gasteiger charge is 2.24. The zero-order valence-electron chi connectivity index (χ0n) is 10.6. The molecule has 0 unspecified atom stereocenters. The van der Waals surface area contributed by atoms with Gasteiger partial charge in [0.1, 0.15) is 0 Å². The van der Waals surface area contributed by atoms with Gasteiger partial charge in [0, 0.05) is 5.39 Å². The Bertz CT molecular complexity index is 562. The van der Waals surface area contributed by atoms with E-state index in [2.05, 4.69) is 33.3 Å². The zero-order chi connectivity index (χ0) is 11.9. The Balaban J connectivity index is 1.72. The maximum atomic E-state index is 4.63. The van der Waals surface area contributed by atoms with Crippen LogP contribution in [0.15, 0.2) is 24.4 Å². The van der Waals surface area contributed by atoms with Crippen LogP contribution in [-0.2, 0) is 0 Å². The van der Waals surface area contributed by atoms with Crippen LogP contribution in [0.4, 0.5) is 0 Å². The number of nitrogens with one attached hydrogen (secondary N) is 1. The highest BCUT2D eigenvalue weighted by atomic mass is 15.3. The van der Waals surface area contributed by atoms with E-state index >= 15 is 0 Å². The molecular weight excluding hydrogens is 222 g/mol. The standard InChI is InChI=1S/C15H19N3/c1-2-11(1)12-3-4-15-13(9-12)10-17-18(15)14-5-7-16-8-6-14/h3-4,9-11,14,16H,1-2,5-8H2. The molecule has 0 amide bonds. The average molecular weight is 241 g/mol. The van der Waals surface area contributed by atoms with Crippen LogP contribution in [0, 0.1) is 0 Å². The second-order valence-corrected chi connectivity index (χ2v) is 5.66. The van der Waals surface area contributed by atoms with Gasteiger partial charge in [-0.3, -0.25) is 4.68 Å². The summed E-state index contributed by atoms with van der Waals surface area (Å²) in [6.07, 6.45) is 7.17. The molecule has 2 aliphatic rings. The van der Waals surface area contributed by atoms with Gasteiger partial charge in [0.15, 0.2) is 0 Å². The van der Waals surface area contributed by atoms with Crippen molar-refractivity contribution in [1.29, 1.82) is 0 Å². The Hall–Kier alpha value is -1.35. The molecule has 94 valence electrons. The van der Waals surface area contributed by atoms with Crippen molar-refractivity contribution in [3.8, 4) is 0 Å². The van der Waals surface area contributed by atoms with Crippen LogP contribution >= 0.6 is 0 Å². The SMILES string of the molecule is c1cc2c(cnn2C2CCNCC2)cc1C1CC1. The van der Waals surface area contributed by atoms with Crippen molar-refractivity contribution in [2.75, 3.05) is 13.1 Å². The van der Waals surface area contributed by atoms with Crippen molar-refractivity contribution in [3.63, 3.8) is 0 Å². The molecule has 18 heavy (non-hydrogen) atoms. The molecule has 0 radical (unpaired) electrons. The Kier molecular flexibility index (Phi) is 2.40. The van der Waals surface area contributed by atoms with Gasteiger partial charge < -0.3 is 5.32 Å². The van der Waals surface area contributed by atoms with E-state index in [1.54, 1.807) is 0 Å². The maximum absolute atomic E-state index is 4.63. The largest absolute Gasteiger partial charge is 0.317 e. The van der Waals surface area contributed by atoms with Crippen molar-refractivity contribution in [1.82, 2.24) is 15.1 Å². The minimum atomic E-state index is 0.579. The predicted molar refractivity (Wildman–Crippen MR) is 72.8 cm³/mol. The molecule has 4 rings (SSSR count). The lowest BCUT2D eigenvalue weighted by atomic mass is 10.1. The number of benzene rings is 1. The predicted octanol–water partition coefficient (Wildman–Crippen LogP) is 2.84. The van der Waals surface area contributed by atoms with Crippen LogP contribution < -0.4 is 5.32 Å². The molecule has 2 aromatic rings. The van der Waals surface area contributed by atoms with Crippen LogP contribution in [0.3, 0.4) is 0 Å². The van der Waals surface area contributed by atoms with Crippen molar-refractivity contribution in [2.24, 2.45) is 0 Å². The summed E-state index contributed by atoms with van der Waals surface area (Å²) in [6, 6.07) is 7.50. The maximum Gasteiger partial charge on any atom is 0.0685 e. The Morgan fingerprint density at radius 3 is 2.72 bits per heavy atom. The molecule has 1 saturated carbocycles. The summed E-state index contributed by atoms with van der Waals surface area (Å²) in [5.74, 6) is 0.830. The normalized spacial score (nSPS) is 21.6. The Morgan fingerprint density at radius 2 is 1.94 bits per heavy atom. The molecule has 1 N–H and O–H groups in total. The van der Waals surface area contributed by atoms with E-state index in [4.69, 9.17) is 0 Å². The number of fused-ring (bicyclic) bond motifs is 1. The van der Waals surface area contributed by atoms with Gasteiger partial charge in [-0.25, -0.2) is 0 Å².